The molecular weight excluding hydrogens is 354 g/mol. The monoisotopic (exact) mass is 377 g/mol. The number of piperidine rings is 1. The number of likely N-dealkylation sites (tertiary alicyclic amines) is 2. The maximum absolute atomic E-state index is 12.9. The lowest BCUT2D eigenvalue weighted by Crippen LogP contribution is -2.51. The number of carboxylic acids is 1. The van der Waals surface area contributed by atoms with E-state index in [-0.39, 0.29) is 17.2 Å². The van der Waals surface area contributed by atoms with E-state index in [1.807, 2.05) is 18.2 Å². The van der Waals surface area contributed by atoms with Gasteiger partial charge < -0.3 is 20.2 Å². The summed E-state index contributed by atoms with van der Waals surface area (Å²) in [6.45, 7) is 1.24. The topological polar surface area (TPSA) is 90.0 Å². The Morgan fingerprint density at radius 2 is 1.77 bits per heavy atom. The molecule has 26 heavy (non-hydrogen) atoms. The molecule has 0 bridgehead atoms. The highest BCUT2D eigenvalue weighted by Crippen LogP contribution is 2.26. The zero-order chi connectivity index (χ0) is 18.7. The number of anilines is 1. The second-order valence-corrected chi connectivity index (χ2v) is 7.52. The first-order chi connectivity index (χ1) is 12.5. The molecule has 8 heteroatoms. The van der Waals surface area contributed by atoms with Crippen LogP contribution in [0.5, 0.6) is 0 Å². The van der Waals surface area contributed by atoms with E-state index < -0.39 is 17.9 Å². The number of hydrogen-bond donors (Lipinski definition) is 3. The first-order valence-electron chi connectivity index (χ1n) is 8.78. The summed E-state index contributed by atoms with van der Waals surface area (Å²) >= 11 is 4.46. The van der Waals surface area contributed by atoms with Crippen molar-refractivity contribution in [1.29, 1.82) is 0 Å². The Balaban J connectivity index is 1.64. The Morgan fingerprint density at radius 3 is 2.38 bits per heavy atom. The van der Waals surface area contributed by atoms with Gasteiger partial charge in [-0.2, -0.15) is 12.6 Å². The van der Waals surface area contributed by atoms with E-state index in [4.69, 9.17) is 5.11 Å². The van der Waals surface area contributed by atoms with Crippen LogP contribution < -0.4 is 5.32 Å². The van der Waals surface area contributed by atoms with Crippen molar-refractivity contribution in [1.82, 2.24) is 9.80 Å². The molecule has 7 nitrogen and oxygen atoms in total. The van der Waals surface area contributed by atoms with E-state index in [9.17, 15) is 14.4 Å². The predicted molar refractivity (Wildman–Crippen MR) is 100 cm³/mol. The Kier molecular flexibility index (Phi) is 5.70. The highest BCUT2D eigenvalue weighted by atomic mass is 32.1. The van der Waals surface area contributed by atoms with E-state index in [2.05, 4.69) is 17.9 Å². The third-order valence-corrected chi connectivity index (χ3v) is 5.38. The molecule has 2 saturated heterocycles. The zero-order valence-corrected chi connectivity index (χ0v) is 15.3. The molecule has 2 atom stereocenters. The zero-order valence-electron chi connectivity index (χ0n) is 14.4. The average Bonchev–Trinajstić information content (AvgIpc) is 3.04. The van der Waals surface area contributed by atoms with Crippen LogP contribution >= 0.6 is 12.6 Å². The number of urea groups is 1. The van der Waals surface area contributed by atoms with Gasteiger partial charge in [0.1, 0.15) is 6.04 Å². The highest BCUT2D eigenvalue weighted by molar-refractivity contribution is 7.81. The van der Waals surface area contributed by atoms with Gasteiger partial charge in [0.05, 0.1) is 5.92 Å². The molecule has 0 aliphatic carbocycles. The maximum Gasteiger partial charge on any atom is 0.322 e. The number of nitrogens with zero attached hydrogens (tertiary/aromatic N) is 2. The Labute approximate surface area is 157 Å². The van der Waals surface area contributed by atoms with Crippen LogP contribution in [0.2, 0.25) is 0 Å². The third kappa shape index (κ3) is 4.12. The number of carboxylic acid groups (broad SMARTS) is 1. The summed E-state index contributed by atoms with van der Waals surface area (Å²) in [4.78, 5) is 39.8. The number of thiol groups is 1. The van der Waals surface area contributed by atoms with Gasteiger partial charge in [-0.1, -0.05) is 18.2 Å². The number of nitrogens with one attached hydrogen (secondary N) is 1. The van der Waals surface area contributed by atoms with Gasteiger partial charge in [0.2, 0.25) is 5.91 Å². The van der Waals surface area contributed by atoms with Crippen LogP contribution in [-0.4, -0.2) is 63.7 Å². The van der Waals surface area contributed by atoms with Crippen LogP contribution in [0, 0.1) is 5.92 Å². The minimum atomic E-state index is -0.808. The molecule has 0 aromatic heterocycles. The molecule has 0 saturated carbocycles. The molecule has 2 unspecified atom stereocenters. The fourth-order valence-electron chi connectivity index (χ4n) is 3.55. The molecule has 2 aliphatic heterocycles. The number of para-hydroxylation sites is 1. The van der Waals surface area contributed by atoms with Crippen LogP contribution in [0.4, 0.5) is 10.5 Å². The standard InChI is InChI=1S/C18H23N3O4S/c22-16(20-8-6-12(7-9-20)17(23)24)15-10-14(26)11-21(15)18(25)19-13-4-2-1-3-5-13/h1-5,12,14-15,26H,6-11H2,(H,19,25)(H,23,24). The van der Waals surface area contributed by atoms with E-state index in [1.54, 1.807) is 17.0 Å². The second kappa shape index (κ2) is 7.99. The Bertz CT molecular complexity index is 676. The van der Waals surface area contributed by atoms with Gasteiger partial charge in [-0.25, -0.2) is 4.79 Å². The number of aliphatic carboxylic acids is 1. The highest BCUT2D eigenvalue weighted by Gasteiger charge is 2.41. The van der Waals surface area contributed by atoms with Crippen molar-refractivity contribution in [3.05, 3.63) is 30.3 Å². The Morgan fingerprint density at radius 1 is 1.12 bits per heavy atom. The first kappa shape index (κ1) is 18.6. The molecule has 3 rings (SSSR count). The summed E-state index contributed by atoms with van der Waals surface area (Å²) in [6.07, 6.45) is 1.41. The summed E-state index contributed by atoms with van der Waals surface area (Å²) in [5, 5.41) is 11.9. The van der Waals surface area contributed by atoms with Gasteiger partial charge >= 0.3 is 12.0 Å². The normalized spacial score (nSPS) is 23.7. The van der Waals surface area contributed by atoms with Crippen molar-refractivity contribution in [3.63, 3.8) is 0 Å². The van der Waals surface area contributed by atoms with E-state index in [0.717, 1.165) is 0 Å². The summed E-state index contributed by atoms with van der Waals surface area (Å²) in [5.41, 5.74) is 0.675. The van der Waals surface area contributed by atoms with Crippen LogP contribution in [0.1, 0.15) is 19.3 Å². The number of carbonyl (C=O) groups excluding carboxylic acids is 2. The fourth-order valence-corrected chi connectivity index (χ4v) is 3.92. The van der Waals surface area contributed by atoms with Crippen LogP contribution in [-0.2, 0) is 9.59 Å². The van der Waals surface area contributed by atoms with Gasteiger partial charge in [0.25, 0.3) is 0 Å². The molecule has 2 fully saturated rings. The molecule has 2 heterocycles. The van der Waals surface area contributed by atoms with Gasteiger partial charge in [-0.05, 0) is 31.4 Å². The Hall–Kier alpha value is -2.22. The molecule has 3 amide bonds. The van der Waals surface area contributed by atoms with Crippen molar-refractivity contribution in [3.8, 4) is 0 Å². The molecule has 2 aliphatic rings. The maximum atomic E-state index is 12.9. The number of benzene rings is 1. The van der Waals surface area contributed by atoms with Crippen molar-refractivity contribution in [2.75, 3.05) is 25.0 Å². The molecule has 140 valence electrons. The van der Waals surface area contributed by atoms with Crippen molar-refractivity contribution in [2.45, 2.75) is 30.6 Å². The van der Waals surface area contributed by atoms with E-state index in [1.165, 1.54) is 4.90 Å². The van der Waals surface area contributed by atoms with Gasteiger partial charge in [-0.15, -0.1) is 0 Å². The average molecular weight is 377 g/mol. The van der Waals surface area contributed by atoms with Crippen LogP contribution in [0.15, 0.2) is 30.3 Å². The van der Waals surface area contributed by atoms with Crippen LogP contribution in [0.25, 0.3) is 0 Å². The summed E-state index contributed by atoms with van der Waals surface area (Å²) in [6, 6.07) is 8.24. The smallest absolute Gasteiger partial charge is 0.322 e. The summed E-state index contributed by atoms with van der Waals surface area (Å²) in [5.74, 6) is -1.32. The van der Waals surface area contributed by atoms with Gasteiger partial charge in [-0.3, -0.25) is 9.59 Å². The number of rotatable bonds is 3. The lowest BCUT2D eigenvalue weighted by molar-refractivity contribution is -0.146. The number of hydrogen-bond acceptors (Lipinski definition) is 4. The van der Waals surface area contributed by atoms with Crippen molar-refractivity contribution >= 4 is 36.2 Å². The van der Waals surface area contributed by atoms with Crippen molar-refractivity contribution in [2.24, 2.45) is 5.92 Å². The lowest BCUT2D eigenvalue weighted by Gasteiger charge is -2.34. The molecular formula is C18H23N3O4S. The molecule has 0 spiro atoms. The van der Waals surface area contributed by atoms with E-state index in [0.29, 0.717) is 44.6 Å². The first-order valence-corrected chi connectivity index (χ1v) is 9.29. The third-order valence-electron chi connectivity index (χ3n) is 5.01. The largest absolute Gasteiger partial charge is 0.481 e. The molecule has 0 radical (unpaired) electrons. The minimum absolute atomic E-state index is 0.0537. The van der Waals surface area contributed by atoms with Crippen molar-refractivity contribution < 1.29 is 19.5 Å². The van der Waals surface area contributed by atoms with E-state index >= 15 is 0 Å². The molecule has 1 aromatic rings. The lowest BCUT2D eigenvalue weighted by atomic mass is 9.96. The molecule has 2 N–H and O–H groups in total. The van der Waals surface area contributed by atoms with Crippen LogP contribution in [0.3, 0.4) is 0 Å². The van der Waals surface area contributed by atoms with Gasteiger partial charge in [0, 0.05) is 30.6 Å². The van der Waals surface area contributed by atoms with Gasteiger partial charge in [0.15, 0.2) is 0 Å². The molecule has 1 aromatic carbocycles. The SMILES string of the molecule is O=C(O)C1CCN(C(=O)C2CC(S)CN2C(=O)Nc2ccccc2)CC1. The predicted octanol–water partition coefficient (Wildman–Crippen LogP) is 1.91. The summed E-state index contributed by atoms with van der Waals surface area (Å²) < 4.78 is 0. The second-order valence-electron chi connectivity index (χ2n) is 6.79. The number of carbonyl (C=O) groups is 3. The quantitative estimate of drug-likeness (QED) is 0.702. The number of amides is 3. The summed E-state index contributed by atoms with van der Waals surface area (Å²) in [7, 11) is 0. The fraction of sp³-hybridized carbons (Fsp3) is 0.500. The minimum Gasteiger partial charge on any atom is -0.481 e.